The number of hydrogen-bond donors (Lipinski definition) is 6. The van der Waals surface area contributed by atoms with Crippen LogP contribution in [0.25, 0.3) is 0 Å². The molecule has 0 bridgehead atoms. The number of thiocarbonyl (C=S) groups is 1. The van der Waals surface area contributed by atoms with Gasteiger partial charge in [-0.25, -0.2) is 19.6 Å². The fourth-order valence-corrected chi connectivity index (χ4v) is 7.08. The van der Waals surface area contributed by atoms with Crippen molar-refractivity contribution in [3.05, 3.63) is 64.6 Å². The van der Waals surface area contributed by atoms with Gasteiger partial charge in [-0.3, -0.25) is 14.5 Å². The maximum absolute atomic E-state index is 13.8. The number of amides is 2. The number of β-lactam (4-membered cyclic amide) rings is 1. The van der Waals surface area contributed by atoms with Crippen molar-refractivity contribution >= 4 is 86.8 Å². The first-order valence-corrected chi connectivity index (χ1v) is 15.3. The SMILES string of the molecule is CC(O/N=C(\C(=O)NC1(C=S)C(=O)N2C(C(=O)O)=C(C3=NC(N)=CC(N)N3c3ccccc3)CS[C@H]21)c1csc(N)n1)C(=O)O. The summed E-state index contributed by atoms with van der Waals surface area (Å²) in [7, 11) is 0. The average Bonchev–Trinajstić information content (AvgIpc) is 3.44. The molecule has 4 atom stereocenters. The van der Waals surface area contributed by atoms with Crippen molar-refractivity contribution in [2.45, 2.75) is 30.1 Å². The van der Waals surface area contributed by atoms with Crippen molar-refractivity contribution in [2.75, 3.05) is 16.4 Å². The molecule has 1 aromatic carbocycles. The molecule has 1 aromatic heterocycles. The van der Waals surface area contributed by atoms with Crippen LogP contribution in [0, 0.1) is 0 Å². The number of rotatable bonds is 10. The molecule has 0 aliphatic carbocycles. The Morgan fingerprint density at radius 1 is 1.24 bits per heavy atom. The summed E-state index contributed by atoms with van der Waals surface area (Å²) in [5.74, 6) is -4.37. The lowest BCUT2D eigenvalue weighted by Crippen LogP contribution is -2.81. The minimum atomic E-state index is -1.85. The number of amidine groups is 1. The molecule has 19 heteroatoms. The number of anilines is 2. The summed E-state index contributed by atoms with van der Waals surface area (Å²) in [5.41, 5.74) is 16.1. The quantitative estimate of drug-likeness (QED) is 0.0844. The third-order valence-corrected chi connectivity index (χ3v) is 9.25. The fourth-order valence-electron chi connectivity index (χ4n) is 4.73. The van der Waals surface area contributed by atoms with E-state index in [0.29, 0.717) is 5.69 Å². The highest BCUT2D eigenvalue weighted by Gasteiger charge is 2.65. The van der Waals surface area contributed by atoms with Gasteiger partial charge < -0.3 is 42.5 Å². The molecule has 9 N–H and O–H groups in total. The maximum atomic E-state index is 13.8. The van der Waals surface area contributed by atoms with Gasteiger partial charge in [0.2, 0.25) is 6.10 Å². The Morgan fingerprint density at radius 2 is 1.96 bits per heavy atom. The summed E-state index contributed by atoms with van der Waals surface area (Å²) in [5, 5.41) is 27.3. The van der Waals surface area contributed by atoms with Crippen LogP contribution in [-0.4, -0.2) is 89.7 Å². The van der Waals surface area contributed by atoms with E-state index < -0.39 is 52.6 Å². The molecule has 0 radical (unpaired) electrons. The minimum Gasteiger partial charge on any atom is -0.478 e. The number of benzene rings is 1. The number of carboxylic acids is 2. The first-order chi connectivity index (χ1) is 21.4. The summed E-state index contributed by atoms with van der Waals surface area (Å²) in [6, 6.07) is 8.89. The lowest BCUT2D eigenvalue weighted by Gasteiger charge is -2.55. The van der Waals surface area contributed by atoms with Gasteiger partial charge in [0.15, 0.2) is 16.4 Å². The molecule has 4 heterocycles. The first-order valence-electron chi connectivity index (χ1n) is 12.9. The monoisotopic (exact) mass is 671 g/mol. The fraction of sp³-hybridized carbons (Fsp3) is 0.231. The summed E-state index contributed by atoms with van der Waals surface area (Å²) in [6.45, 7) is 1.20. The standard InChI is InChI=1S/C26H25N9O7S3/c1-11(21(37)38)42-33-17(14-9-45-25(29)30-14)20(36)32-26(10-43)23(41)35-18(22(39)40)13(8-44-24(26)35)19-31-15(27)7-16(28)34(19)12-5-3-2-4-6-12/h2-7,9-11,16,24H,8,27-28H2,1H3,(H2,29,30)(H,32,36)(H,37,38)(H,39,40)/b33-17-/t11?,16?,24-,26?/m0/s1. The molecule has 16 nitrogen and oxygen atoms in total. The van der Waals surface area contributed by atoms with Crippen LogP contribution in [-0.2, 0) is 24.0 Å². The van der Waals surface area contributed by atoms with E-state index in [4.69, 9.17) is 39.4 Å². The number of thiazole rings is 1. The van der Waals surface area contributed by atoms with E-state index in [2.05, 4.69) is 20.4 Å². The summed E-state index contributed by atoms with van der Waals surface area (Å²) < 4.78 is 0. The van der Waals surface area contributed by atoms with Crippen LogP contribution < -0.4 is 27.4 Å². The van der Waals surface area contributed by atoms with Gasteiger partial charge in [0, 0.05) is 27.8 Å². The van der Waals surface area contributed by atoms with Gasteiger partial charge in [-0.15, -0.1) is 23.1 Å². The Balaban J connectivity index is 1.51. The molecular weight excluding hydrogens is 647 g/mol. The Labute approximate surface area is 268 Å². The molecule has 0 saturated carbocycles. The van der Waals surface area contributed by atoms with E-state index >= 15 is 0 Å². The number of aliphatic carboxylic acids is 2. The van der Waals surface area contributed by atoms with Crippen LogP contribution in [0.1, 0.15) is 12.6 Å². The van der Waals surface area contributed by atoms with Gasteiger partial charge in [-0.05, 0) is 25.1 Å². The highest BCUT2D eigenvalue weighted by molar-refractivity contribution is 8.00. The smallest absolute Gasteiger partial charge is 0.353 e. The predicted molar refractivity (Wildman–Crippen MR) is 170 cm³/mol. The lowest BCUT2D eigenvalue weighted by atomic mass is 9.87. The molecule has 3 aliphatic heterocycles. The number of thioether (sulfide) groups is 1. The molecule has 1 saturated heterocycles. The molecule has 45 heavy (non-hydrogen) atoms. The molecule has 0 spiro atoms. The molecule has 2 amide bonds. The number of aliphatic imine (C=N–C) groups is 1. The van der Waals surface area contributed by atoms with Gasteiger partial charge in [0.05, 0.1) is 0 Å². The number of carboxylic acid groups (broad SMARTS) is 2. The van der Waals surface area contributed by atoms with E-state index in [1.54, 1.807) is 35.2 Å². The summed E-state index contributed by atoms with van der Waals surface area (Å²) >= 11 is 7.32. The summed E-state index contributed by atoms with van der Waals surface area (Å²) in [4.78, 5) is 67.3. The molecule has 3 unspecified atom stereocenters. The van der Waals surface area contributed by atoms with Crippen LogP contribution in [0.5, 0.6) is 0 Å². The number of carbonyl (C=O) groups is 4. The minimum absolute atomic E-state index is 0.0157. The second kappa shape index (κ2) is 12.3. The average molecular weight is 672 g/mol. The molecule has 3 aliphatic rings. The van der Waals surface area contributed by atoms with E-state index in [0.717, 1.165) is 33.4 Å². The number of carbonyl (C=O) groups excluding carboxylic acids is 2. The van der Waals surface area contributed by atoms with Crippen LogP contribution in [0.15, 0.2) is 69.0 Å². The van der Waals surface area contributed by atoms with Crippen molar-refractivity contribution in [3.63, 3.8) is 0 Å². The molecule has 5 rings (SSSR count). The number of nitrogens with one attached hydrogen (secondary N) is 1. The topological polar surface area (TPSA) is 252 Å². The zero-order chi connectivity index (χ0) is 32.6. The third kappa shape index (κ3) is 5.61. The molecule has 234 valence electrons. The molecular formula is C26H25N9O7S3. The Morgan fingerprint density at radius 3 is 2.56 bits per heavy atom. The van der Waals surface area contributed by atoms with Crippen molar-refractivity contribution in [2.24, 2.45) is 21.6 Å². The van der Waals surface area contributed by atoms with E-state index in [-0.39, 0.29) is 39.5 Å². The Kier molecular flexibility index (Phi) is 8.61. The lowest BCUT2D eigenvalue weighted by molar-refractivity contribution is -0.153. The van der Waals surface area contributed by atoms with E-state index in [1.165, 1.54) is 18.4 Å². The molecule has 1 fully saturated rings. The van der Waals surface area contributed by atoms with Crippen LogP contribution in [0.2, 0.25) is 0 Å². The number of nitrogen functional groups attached to an aromatic ring is 1. The van der Waals surface area contributed by atoms with Crippen molar-refractivity contribution in [1.29, 1.82) is 0 Å². The number of nitrogens with zero attached hydrogens (tertiary/aromatic N) is 5. The van der Waals surface area contributed by atoms with Gasteiger partial charge in [-0.2, -0.15) is 0 Å². The first kappa shape index (κ1) is 31.6. The zero-order valence-corrected chi connectivity index (χ0v) is 25.6. The number of hydrogen-bond acceptors (Lipinski definition) is 15. The van der Waals surface area contributed by atoms with Crippen LogP contribution >= 0.6 is 35.3 Å². The van der Waals surface area contributed by atoms with Crippen molar-refractivity contribution < 1.29 is 34.2 Å². The predicted octanol–water partition coefficient (Wildman–Crippen LogP) is 0.0312. The number of para-hydroxylation sites is 1. The van der Waals surface area contributed by atoms with E-state index in [9.17, 15) is 24.3 Å². The highest BCUT2D eigenvalue weighted by atomic mass is 32.2. The molecule has 2 aromatic rings. The summed E-state index contributed by atoms with van der Waals surface area (Å²) in [6.07, 6.45) is -0.705. The highest BCUT2D eigenvalue weighted by Crippen LogP contribution is 2.46. The maximum Gasteiger partial charge on any atom is 0.353 e. The zero-order valence-electron chi connectivity index (χ0n) is 23.2. The van der Waals surface area contributed by atoms with Crippen LogP contribution in [0.3, 0.4) is 0 Å². The second-order valence-electron chi connectivity index (χ2n) is 9.73. The number of fused-ring (bicyclic) bond motifs is 1. The number of aromatic nitrogens is 1. The van der Waals surface area contributed by atoms with Crippen LogP contribution in [0.4, 0.5) is 10.8 Å². The normalized spacial score (nSPS) is 23.7. The van der Waals surface area contributed by atoms with Crippen molar-refractivity contribution in [3.8, 4) is 0 Å². The Hall–Kier alpha value is -4.85. The largest absolute Gasteiger partial charge is 0.478 e. The number of oxime groups is 1. The second-order valence-corrected chi connectivity index (χ2v) is 11.9. The number of nitrogens with two attached hydrogens (primary N) is 3. The van der Waals surface area contributed by atoms with Crippen molar-refractivity contribution in [1.82, 2.24) is 15.2 Å². The Bertz CT molecular complexity index is 1720. The van der Waals surface area contributed by atoms with Gasteiger partial charge in [-0.1, -0.05) is 35.6 Å². The van der Waals surface area contributed by atoms with Gasteiger partial charge in [0.25, 0.3) is 11.8 Å². The van der Waals surface area contributed by atoms with Gasteiger partial charge in [0.1, 0.15) is 34.6 Å². The third-order valence-electron chi connectivity index (χ3n) is 6.85. The van der Waals surface area contributed by atoms with Gasteiger partial charge >= 0.3 is 11.9 Å². The van der Waals surface area contributed by atoms with E-state index in [1.807, 2.05) is 0 Å².